The second-order valence-corrected chi connectivity index (χ2v) is 13.5. The molecule has 0 aliphatic carbocycles. The second kappa shape index (κ2) is 9.80. The molecule has 1 aromatic heterocycles. The Hall–Kier alpha value is -2.01. The van der Waals surface area contributed by atoms with Crippen molar-refractivity contribution in [2.24, 2.45) is 11.8 Å². The topological polar surface area (TPSA) is 73.8 Å². The fourth-order valence-corrected chi connectivity index (χ4v) is 8.27. The minimum absolute atomic E-state index is 0.0676. The van der Waals surface area contributed by atoms with Gasteiger partial charge in [0.15, 0.2) is 5.13 Å². The average molecular weight is 578 g/mol. The lowest BCUT2D eigenvalue weighted by Crippen LogP contribution is -2.48. The van der Waals surface area contributed by atoms with E-state index in [1.165, 1.54) is 0 Å². The zero-order valence-corrected chi connectivity index (χ0v) is 23.1. The molecule has 0 radical (unpaired) electrons. The van der Waals surface area contributed by atoms with Gasteiger partial charge in [-0.2, -0.15) is 4.31 Å². The van der Waals surface area contributed by atoms with Crippen molar-refractivity contribution in [1.82, 2.24) is 14.2 Å². The van der Waals surface area contributed by atoms with Gasteiger partial charge in [0.25, 0.3) is 5.91 Å². The summed E-state index contributed by atoms with van der Waals surface area (Å²) < 4.78 is 30.0. The molecule has 0 saturated carbocycles. The van der Waals surface area contributed by atoms with Gasteiger partial charge in [0.05, 0.1) is 15.1 Å². The molecule has 2 aromatic carbocycles. The first-order valence-electron chi connectivity index (χ1n) is 11.9. The standard InChI is InChI=1S/C25H29BrN4O3S2/c1-17-13-18(2)16-30(15-17)35(32,33)21-6-3-19(4-7-21)24(31)28-9-11-29(12-10-28)25-27-22-8-5-20(26)14-23(22)34-25/h3-8,14,17-18H,9-13,15-16H2,1-2H3. The molecule has 1 amide bonds. The maximum Gasteiger partial charge on any atom is 0.253 e. The van der Waals surface area contributed by atoms with E-state index in [0.29, 0.717) is 56.7 Å². The number of thiazole rings is 1. The molecule has 3 heterocycles. The van der Waals surface area contributed by atoms with Crippen LogP contribution < -0.4 is 4.90 Å². The number of benzene rings is 2. The summed E-state index contributed by atoms with van der Waals surface area (Å²) in [5.74, 6) is 0.623. The summed E-state index contributed by atoms with van der Waals surface area (Å²) in [4.78, 5) is 22.1. The van der Waals surface area contributed by atoms with E-state index in [1.807, 2.05) is 17.0 Å². The lowest BCUT2D eigenvalue weighted by atomic mass is 9.94. The zero-order chi connectivity index (χ0) is 24.7. The molecule has 2 aliphatic heterocycles. The molecule has 2 atom stereocenters. The van der Waals surface area contributed by atoms with Crippen molar-refractivity contribution < 1.29 is 13.2 Å². The molecule has 3 aromatic rings. The van der Waals surface area contributed by atoms with Crippen molar-refractivity contribution in [2.45, 2.75) is 25.2 Å². The predicted octanol–water partition coefficient (Wildman–Crippen LogP) is 4.69. The van der Waals surface area contributed by atoms with Crippen molar-refractivity contribution in [1.29, 1.82) is 0 Å². The number of rotatable bonds is 4. The van der Waals surface area contributed by atoms with Crippen LogP contribution in [-0.2, 0) is 10.0 Å². The van der Waals surface area contributed by atoms with E-state index < -0.39 is 10.0 Å². The Balaban J connectivity index is 1.23. The minimum Gasteiger partial charge on any atom is -0.345 e. The minimum atomic E-state index is -3.55. The van der Waals surface area contributed by atoms with E-state index >= 15 is 0 Å². The van der Waals surface area contributed by atoms with Gasteiger partial charge < -0.3 is 9.80 Å². The van der Waals surface area contributed by atoms with E-state index in [9.17, 15) is 13.2 Å². The van der Waals surface area contributed by atoms with Gasteiger partial charge in [-0.05, 0) is 60.7 Å². The largest absolute Gasteiger partial charge is 0.345 e. The number of carbonyl (C=O) groups is 1. The van der Waals surface area contributed by atoms with Crippen LogP contribution in [0.15, 0.2) is 51.8 Å². The van der Waals surface area contributed by atoms with Crippen molar-refractivity contribution >= 4 is 58.5 Å². The number of hydrogen-bond donors (Lipinski definition) is 0. The molecular formula is C25H29BrN4O3S2. The number of fused-ring (bicyclic) bond motifs is 1. The maximum absolute atomic E-state index is 13.1. The molecule has 2 fully saturated rings. The van der Waals surface area contributed by atoms with Crippen LogP contribution in [0.25, 0.3) is 10.2 Å². The molecule has 2 aliphatic rings. The molecule has 0 bridgehead atoms. The third-order valence-corrected chi connectivity index (χ3v) is 10.2. The number of anilines is 1. The van der Waals surface area contributed by atoms with E-state index in [-0.39, 0.29) is 10.8 Å². The molecule has 0 N–H and O–H groups in total. The highest BCUT2D eigenvalue weighted by atomic mass is 79.9. The van der Waals surface area contributed by atoms with Gasteiger partial charge in [-0.3, -0.25) is 4.79 Å². The number of sulfonamides is 1. The molecule has 5 rings (SSSR count). The molecule has 186 valence electrons. The van der Waals surface area contributed by atoms with Gasteiger partial charge in [-0.25, -0.2) is 13.4 Å². The Morgan fingerprint density at radius 3 is 2.31 bits per heavy atom. The average Bonchev–Trinajstić information content (AvgIpc) is 3.26. The van der Waals surface area contributed by atoms with Gasteiger partial charge >= 0.3 is 0 Å². The number of amides is 1. The second-order valence-electron chi connectivity index (χ2n) is 9.68. The van der Waals surface area contributed by atoms with E-state index in [0.717, 1.165) is 26.2 Å². The number of piperazine rings is 1. The summed E-state index contributed by atoms with van der Waals surface area (Å²) in [6.45, 7) is 7.90. The third-order valence-electron chi connectivity index (χ3n) is 6.75. The summed E-state index contributed by atoms with van der Waals surface area (Å²) in [5, 5.41) is 0.973. The monoisotopic (exact) mass is 576 g/mol. The van der Waals surface area contributed by atoms with Crippen LogP contribution in [-0.4, -0.2) is 67.8 Å². The Labute approximate surface area is 218 Å². The molecule has 7 nitrogen and oxygen atoms in total. The molecule has 10 heteroatoms. The Bertz CT molecular complexity index is 1320. The number of nitrogens with zero attached hydrogens (tertiary/aromatic N) is 4. The smallest absolute Gasteiger partial charge is 0.253 e. The quantitative estimate of drug-likeness (QED) is 0.450. The molecule has 2 saturated heterocycles. The Morgan fingerprint density at radius 2 is 1.66 bits per heavy atom. The van der Waals surface area contributed by atoms with Crippen LogP contribution in [0.1, 0.15) is 30.6 Å². The SMILES string of the molecule is CC1CC(C)CN(S(=O)(=O)c2ccc(C(=O)N3CCN(c4nc5ccc(Br)cc5s4)CC3)cc2)C1. The van der Waals surface area contributed by atoms with Crippen molar-refractivity contribution in [3.63, 3.8) is 0 Å². The first kappa shape index (κ1) is 24.7. The fourth-order valence-electron chi connectivity index (χ4n) is 5.03. The number of hydrogen-bond acceptors (Lipinski definition) is 6. The van der Waals surface area contributed by atoms with Crippen LogP contribution in [0.2, 0.25) is 0 Å². The molecular weight excluding hydrogens is 548 g/mol. The number of carbonyl (C=O) groups excluding carboxylic acids is 1. The molecule has 2 unspecified atom stereocenters. The summed E-state index contributed by atoms with van der Waals surface area (Å²) in [6.07, 6.45) is 1.05. The number of halogens is 1. The summed E-state index contributed by atoms with van der Waals surface area (Å²) in [7, 11) is -3.55. The Morgan fingerprint density at radius 1 is 1.00 bits per heavy atom. The summed E-state index contributed by atoms with van der Waals surface area (Å²) in [6, 6.07) is 12.5. The van der Waals surface area contributed by atoms with Gasteiger partial charge in [-0.15, -0.1) is 0 Å². The first-order chi connectivity index (χ1) is 16.7. The van der Waals surface area contributed by atoms with Gasteiger partial charge in [0, 0.05) is 49.3 Å². The Kier molecular flexibility index (Phi) is 6.91. The molecule has 0 spiro atoms. The maximum atomic E-state index is 13.1. The van der Waals surface area contributed by atoms with Crippen molar-refractivity contribution in [3.05, 3.63) is 52.5 Å². The van der Waals surface area contributed by atoms with E-state index in [1.54, 1.807) is 39.9 Å². The highest BCUT2D eigenvalue weighted by Gasteiger charge is 2.32. The third kappa shape index (κ3) is 5.12. The van der Waals surface area contributed by atoms with Crippen LogP contribution in [0.3, 0.4) is 0 Å². The predicted molar refractivity (Wildman–Crippen MR) is 144 cm³/mol. The van der Waals surface area contributed by atoms with Gasteiger partial charge in [0.2, 0.25) is 10.0 Å². The first-order valence-corrected chi connectivity index (χ1v) is 15.0. The van der Waals surface area contributed by atoms with Gasteiger partial charge in [0.1, 0.15) is 0 Å². The van der Waals surface area contributed by atoms with E-state index in [2.05, 4.69) is 40.7 Å². The summed E-state index contributed by atoms with van der Waals surface area (Å²) >= 11 is 5.17. The summed E-state index contributed by atoms with van der Waals surface area (Å²) in [5.41, 5.74) is 1.50. The fraction of sp³-hybridized carbons (Fsp3) is 0.440. The normalized spacial score (nSPS) is 22.0. The zero-order valence-electron chi connectivity index (χ0n) is 19.9. The highest BCUT2D eigenvalue weighted by molar-refractivity contribution is 9.10. The lowest BCUT2D eigenvalue weighted by Gasteiger charge is -2.35. The number of aromatic nitrogens is 1. The van der Waals surface area contributed by atoms with Crippen LogP contribution >= 0.6 is 27.3 Å². The lowest BCUT2D eigenvalue weighted by molar-refractivity contribution is 0.0746. The van der Waals surface area contributed by atoms with Crippen LogP contribution in [0, 0.1) is 11.8 Å². The van der Waals surface area contributed by atoms with Crippen LogP contribution in [0.4, 0.5) is 5.13 Å². The van der Waals surface area contributed by atoms with Crippen molar-refractivity contribution in [2.75, 3.05) is 44.2 Å². The number of piperidine rings is 1. The van der Waals surface area contributed by atoms with E-state index in [4.69, 9.17) is 4.98 Å². The van der Waals surface area contributed by atoms with Crippen molar-refractivity contribution in [3.8, 4) is 0 Å². The van der Waals surface area contributed by atoms with Crippen LogP contribution in [0.5, 0.6) is 0 Å². The highest BCUT2D eigenvalue weighted by Crippen LogP contribution is 2.31. The molecule has 35 heavy (non-hydrogen) atoms. The van der Waals surface area contributed by atoms with Gasteiger partial charge in [-0.1, -0.05) is 41.1 Å².